The fourth-order valence-corrected chi connectivity index (χ4v) is 2.57. The number of ether oxygens (including phenoxy) is 1. The van der Waals surface area contributed by atoms with Gasteiger partial charge in [-0.3, -0.25) is 0 Å². The summed E-state index contributed by atoms with van der Waals surface area (Å²) in [5.74, 6) is 0. The minimum absolute atomic E-state index is 0.188. The summed E-state index contributed by atoms with van der Waals surface area (Å²) in [5, 5.41) is 11.3. The van der Waals surface area contributed by atoms with Gasteiger partial charge in [-0.25, -0.2) is 0 Å². The summed E-state index contributed by atoms with van der Waals surface area (Å²) in [4.78, 5) is 0. The normalized spacial score (nSPS) is 32.5. The second-order valence-corrected chi connectivity index (χ2v) is 4.93. The van der Waals surface area contributed by atoms with Gasteiger partial charge in [0.2, 0.25) is 0 Å². The van der Waals surface area contributed by atoms with Crippen LogP contribution in [0.5, 0.6) is 0 Å². The Balaban J connectivity index is 2.13. The third-order valence-electron chi connectivity index (χ3n) is 3.10. The third-order valence-corrected chi connectivity index (χ3v) is 3.10. The van der Waals surface area contributed by atoms with Gasteiger partial charge in [0.1, 0.15) is 5.72 Å². The van der Waals surface area contributed by atoms with E-state index in [-0.39, 0.29) is 11.3 Å². The minimum atomic E-state index is -0.345. The summed E-state index contributed by atoms with van der Waals surface area (Å²) in [6, 6.07) is 0. The molecule has 3 nitrogen and oxygen atoms in total. The van der Waals surface area contributed by atoms with Crippen LogP contribution < -0.4 is 0 Å². The average molecular weight is 185 g/mol. The summed E-state index contributed by atoms with van der Waals surface area (Å²) in [6.45, 7) is 4.71. The Kier molecular flexibility index (Phi) is 2.13. The Morgan fingerprint density at radius 1 is 1.15 bits per heavy atom. The van der Waals surface area contributed by atoms with Crippen LogP contribution >= 0.6 is 0 Å². The molecule has 0 amide bonds. The second kappa shape index (κ2) is 2.94. The van der Waals surface area contributed by atoms with Gasteiger partial charge < -0.3 is 9.94 Å². The van der Waals surface area contributed by atoms with Crippen LogP contribution in [0.2, 0.25) is 0 Å². The summed E-state index contributed by atoms with van der Waals surface area (Å²) in [7, 11) is 0. The first-order valence-corrected chi connectivity index (χ1v) is 5.21. The van der Waals surface area contributed by atoms with Crippen molar-refractivity contribution in [3.05, 3.63) is 0 Å². The lowest BCUT2D eigenvalue weighted by Crippen LogP contribution is -2.44. The first-order valence-electron chi connectivity index (χ1n) is 5.21. The number of hydrogen-bond donors (Lipinski definition) is 1. The van der Waals surface area contributed by atoms with E-state index in [9.17, 15) is 5.21 Å². The molecular formula is C10H19NO2. The standard InChI is InChI=1S/C10H19NO2/c1-9(2)8-11(12)10(13-9)6-4-3-5-7-10/h12H,3-8H2,1-2H3. The molecule has 1 heterocycles. The zero-order chi connectivity index (χ0) is 9.53. The van der Waals surface area contributed by atoms with Crippen molar-refractivity contribution in [1.29, 1.82) is 0 Å². The molecule has 0 unspecified atom stereocenters. The number of hydroxylamine groups is 2. The van der Waals surface area contributed by atoms with Crippen LogP contribution in [0.4, 0.5) is 0 Å². The predicted molar refractivity (Wildman–Crippen MR) is 49.5 cm³/mol. The zero-order valence-electron chi connectivity index (χ0n) is 8.55. The molecular weight excluding hydrogens is 166 g/mol. The maximum absolute atomic E-state index is 9.85. The molecule has 0 aromatic heterocycles. The molecule has 1 aliphatic heterocycles. The Labute approximate surface area is 79.6 Å². The van der Waals surface area contributed by atoms with Gasteiger partial charge >= 0.3 is 0 Å². The predicted octanol–water partition coefficient (Wildman–Crippen LogP) is 2.15. The Bertz CT molecular complexity index is 197. The fourth-order valence-electron chi connectivity index (χ4n) is 2.57. The van der Waals surface area contributed by atoms with Crippen molar-refractivity contribution < 1.29 is 9.94 Å². The van der Waals surface area contributed by atoms with E-state index in [4.69, 9.17) is 4.74 Å². The topological polar surface area (TPSA) is 32.7 Å². The second-order valence-electron chi connectivity index (χ2n) is 4.93. The van der Waals surface area contributed by atoms with E-state index < -0.39 is 0 Å². The summed E-state index contributed by atoms with van der Waals surface area (Å²) < 4.78 is 5.97. The molecule has 0 radical (unpaired) electrons. The van der Waals surface area contributed by atoms with Crippen LogP contribution in [0.3, 0.4) is 0 Å². The highest BCUT2D eigenvalue weighted by atomic mass is 16.6. The van der Waals surface area contributed by atoms with Crippen LogP contribution in [0.25, 0.3) is 0 Å². The Hall–Kier alpha value is -0.120. The lowest BCUT2D eigenvalue weighted by atomic mass is 9.92. The van der Waals surface area contributed by atoms with Crippen LogP contribution in [-0.2, 0) is 4.74 Å². The lowest BCUT2D eigenvalue weighted by molar-refractivity contribution is -0.245. The summed E-state index contributed by atoms with van der Waals surface area (Å²) >= 11 is 0. The molecule has 0 aromatic rings. The third kappa shape index (κ3) is 1.60. The maximum atomic E-state index is 9.85. The van der Waals surface area contributed by atoms with E-state index in [1.54, 1.807) is 0 Å². The molecule has 2 rings (SSSR count). The first kappa shape index (κ1) is 9.44. The van der Waals surface area contributed by atoms with Crippen molar-refractivity contribution in [3.8, 4) is 0 Å². The highest BCUT2D eigenvalue weighted by Crippen LogP contribution is 2.42. The molecule has 2 aliphatic rings. The molecule has 3 heteroatoms. The van der Waals surface area contributed by atoms with Gasteiger partial charge in [0, 0.05) is 0 Å². The molecule has 1 saturated heterocycles. The molecule has 76 valence electrons. The van der Waals surface area contributed by atoms with Crippen molar-refractivity contribution in [2.24, 2.45) is 0 Å². The van der Waals surface area contributed by atoms with E-state index in [0.717, 1.165) is 12.8 Å². The number of nitrogens with zero attached hydrogens (tertiary/aromatic N) is 1. The van der Waals surface area contributed by atoms with E-state index in [1.165, 1.54) is 24.3 Å². The van der Waals surface area contributed by atoms with E-state index in [1.807, 2.05) is 13.8 Å². The highest BCUT2D eigenvalue weighted by Gasteiger charge is 2.50. The van der Waals surface area contributed by atoms with Crippen LogP contribution in [0.1, 0.15) is 46.0 Å². The van der Waals surface area contributed by atoms with Gasteiger partial charge in [-0.05, 0) is 39.5 Å². The van der Waals surface area contributed by atoms with Gasteiger partial charge in [-0.15, -0.1) is 0 Å². The highest BCUT2D eigenvalue weighted by molar-refractivity contribution is 4.92. The largest absolute Gasteiger partial charge is 0.351 e. The van der Waals surface area contributed by atoms with Gasteiger partial charge in [-0.2, -0.15) is 5.06 Å². The molecule has 1 spiro atoms. The van der Waals surface area contributed by atoms with Gasteiger partial charge in [0.05, 0.1) is 12.1 Å². The zero-order valence-corrected chi connectivity index (χ0v) is 8.55. The van der Waals surface area contributed by atoms with E-state index >= 15 is 0 Å². The molecule has 0 aromatic carbocycles. The molecule has 1 saturated carbocycles. The van der Waals surface area contributed by atoms with Gasteiger partial charge in [0.25, 0.3) is 0 Å². The van der Waals surface area contributed by atoms with Crippen molar-refractivity contribution in [2.45, 2.75) is 57.3 Å². The van der Waals surface area contributed by atoms with Crippen molar-refractivity contribution in [3.63, 3.8) is 0 Å². The summed E-state index contributed by atoms with van der Waals surface area (Å²) in [5.41, 5.74) is -0.534. The van der Waals surface area contributed by atoms with Crippen molar-refractivity contribution in [2.75, 3.05) is 6.54 Å². The fraction of sp³-hybridized carbons (Fsp3) is 1.00. The van der Waals surface area contributed by atoms with Crippen LogP contribution in [0, 0.1) is 0 Å². The molecule has 0 bridgehead atoms. The van der Waals surface area contributed by atoms with Gasteiger partial charge in [0.15, 0.2) is 0 Å². The lowest BCUT2D eigenvalue weighted by Gasteiger charge is -2.37. The maximum Gasteiger partial charge on any atom is 0.144 e. The monoisotopic (exact) mass is 185 g/mol. The Morgan fingerprint density at radius 3 is 2.23 bits per heavy atom. The Morgan fingerprint density at radius 2 is 1.77 bits per heavy atom. The van der Waals surface area contributed by atoms with Gasteiger partial charge in [-0.1, -0.05) is 6.42 Å². The van der Waals surface area contributed by atoms with E-state index in [2.05, 4.69) is 0 Å². The molecule has 13 heavy (non-hydrogen) atoms. The average Bonchev–Trinajstić information content (AvgIpc) is 2.23. The SMILES string of the molecule is CC1(C)CN(O)C2(CCCCC2)O1. The van der Waals surface area contributed by atoms with Crippen LogP contribution in [-0.4, -0.2) is 28.1 Å². The first-order chi connectivity index (χ1) is 6.04. The van der Waals surface area contributed by atoms with Crippen LogP contribution in [0.15, 0.2) is 0 Å². The molecule has 1 N–H and O–H groups in total. The molecule has 1 aliphatic carbocycles. The van der Waals surface area contributed by atoms with E-state index in [0.29, 0.717) is 6.54 Å². The van der Waals surface area contributed by atoms with Crippen molar-refractivity contribution in [1.82, 2.24) is 5.06 Å². The number of hydrogen-bond acceptors (Lipinski definition) is 3. The molecule has 2 fully saturated rings. The number of rotatable bonds is 0. The quantitative estimate of drug-likeness (QED) is 0.627. The molecule has 0 atom stereocenters. The summed E-state index contributed by atoms with van der Waals surface area (Å²) in [6.07, 6.45) is 5.58. The minimum Gasteiger partial charge on any atom is -0.351 e. The van der Waals surface area contributed by atoms with Crippen molar-refractivity contribution >= 4 is 0 Å². The smallest absolute Gasteiger partial charge is 0.144 e.